The van der Waals surface area contributed by atoms with E-state index in [4.69, 9.17) is 9.57 Å². The van der Waals surface area contributed by atoms with Crippen LogP contribution in [0.2, 0.25) is 0 Å². The van der Waals surface area contributed by atoms with E-state index in [2.05, 4.69) is 25.9 Å². The molecule has 1 saturated carbocycles. The number of carbonyl (C=O) groups excluding carboxylic acids is 1. The Morgan fingerprint density at radius 1 is 1.44 bits per heavy atom. The topological polar surface area (TPSA) is 47.6 Å². The third-order valence-corrected chi connectivity index (χ3v) is 3.10. The smallest absolute Gasteiger partial charge is 0.309 e. The summed E-state index contributed by atoms with van der Waals surface area (Å²) in [5.41, 5.74) is 3.25. The summed E-state index contributed by atoms with van der Waals surface area (Å²) in [6.07, 6.45) is 3.79. The molecule has 0 radical (unpaired) electrons. The van der Waals surface area contributed by atoms with Gasteiger partial charge in [-0.2, -0.15) is 0 Å². The Kier molecular flexibility index (Phi) is 3.75. The van der Waals surface area contributed by atoms with Crippen molar-refractivity contribution in [2.24, 2.45) is 17.3 Å². The molecular formula is C12H19NO3. The van der Waals surface area contributed by atoms with E-state index < -0.39 is 0 Å². The number of rotatable bonds is 5. The van der Waals surface area contributed by atoms with Gasteiger partial charge >= 0.3 is 5.97 Å². The van der Waals surface area contributed by atoms with Crippen LogP contribution in [0.15, 0.2) is 24.4 Å². The molecule has 4 nitrogen and oxygen atoms in total. The lowest BCUT2D eigenvalue weighted by Crippen LogP contribution is -2.08. The predicted octanol–water partition coefficient (Wildman–Crippen LogP) is 1.65. The second-order valence-electron chi connectivity index (χ2n) is 4.54. The summed E-state index contributed by atoms with van der Waals surface area (Å²) < 4.78 is 4.76. The molecule has 0 spiro atoms. The molecule has 16 heavy (non-hydrogen) atoms. The van der Waals surface area contributed by atoms with Crippen LogP contribution in [-0.2, 0) is 14.4 Å². The molecule has 1 aliphatic carbocycles. The molecule has 0 saturated heterocycles. The van der Waals surface area contributed by atoms with Gasteiger partial charge in [-0.15, -0.1) is 0 Å². The lowest BCUT2D eigenvalue weighted by atomic mass is 10.1. The maximum absolute atomic E-state index is 11.5. The summed E-state index contributed by atoms with van der Waals surface area (Å²) >= 11 is 0. The molecule has 0 amide bonds. The van der Waals surface area contributed by atoms with Gasteiger partial charge in [0.15, 0.2) is 0 Å². The monoisotopic (exact) mass is 225 g/mol. The summed E-state index contributed by atoms with van der Waals surface area (Å²) in [6, 6.07) is 0. The van der Waals surface area contributed by atoms with Crippen LogP contribution in [0.5, 0.6) is 0 Å². The van der Waals surface area contributed by atoms with Crippen LogP contribution >= 0.6 is 0 Å². The minimum Gasteiger partial charge on any atom is -0.469 e. The van der Waals surface area contributed by atoms with E-state index in [9.17, 15) is 4.79 Å². The summed E-state index contributed by atoms with van der Waals surface area (Å²) in [4.78, 5) is 16.2. The largest absolute Gasteiger partial charge is 0.469 e. The number of carbonyl (C=O) groups is 1. The Hall–Kier alpha value is -1.29. The fourth-order valence-corrected chi connectivity index (χ4v) is 2.00. The van der Waals surface area contributed by atoms with Crippen molar-refractivity contribution in [1.82, 2.24) is 5.48 Å². The minimum atomic E-state index is -0.148. The molecule has 0 bridgehead atoms. The molecule has 1 rings (SSSR count). The van der Waals surface area contributed by atoms with Crippen LogP contribution in [0.1, 0.15) is 13.8 Å². The molecule has 2 atom stereocenters. The van der Waals surface area contributed by atoms with Gasteiger partial charge in [0, 0.05) is 0 Å². The van der Waals surface area contributed by atoms with Crippen molar-refractivity contribution in [2.45, 2.75) is 13.8 Å². The molecule has 0 aromatic carbocycles. The first kappa shape index (κ1) is 12.8. The van der Waals surface area contributed by atoms with E-state index in [0.29, 0.717) is 5.70 Å². The van der Waals surface area contributed by atoms with E-state index >= 15 is 0 Å². The van der Waals surface area contributed by atoms with Gasteiger partial charge in [-0.25, -0.2) is 0 Å². The fourth-order valence-electron chi connectivity index (χ4n) is 2.00. The zero-order valence-electron chi connectivity index (χ0n) is 10.2. The van der Waals surface area contributed by atoms with Gasteiger partial charge in [-0.05, 0) is 17.4 Å². The SMILES string of the molecule is C=C(C=CC1C(C(=O)OC)C1(C)C)NOC. The molecule has 0 heterocycles. The van der Waals surface area contributed by atoms with Crippen molar-refractivity contribution in [2.75, 3.05) is 14.2 Å². The van der Waals surface area contributed by atoms with Crippen molar-refractivity contribution in [1.29, 1.82) is 0 Å². The molecule has 1 N–H and O–H groups in total. The molecule has 0 aliphatic heterocycles. The van der Waals surface area contributed by atoms with Crippen LogP contribution < -0.4 is 5.48 Å². The quantitative estimate of drug-likeness (QED) is 0.439. The molecule has 0 aromatic heterocycles. The summed E-state index contributed by atoms with van der Waals surface area (Å²) in [5, 5.41) is 0. The van der Waals surface area contributed by atoms with Gasteiger partial charge in [0.1, 0.15) is 0 Å². The third-order valence-electron chi connectivity index (χ3n) is 3.10. The van der Waals surface area contributed by atoms with Crippen LogP contribution in [-0.4, -0.2) is 20.2 Å². The molecule has 0 aromatic rings. The zero-order chi connectivity index (χ0) is 12.3. The third kappa shape index (κ3) is 2.44. The average Bonchev–Trinajstić information content (AvgIpc) is 2.77. The number of allylic oxidation sites excluding steroid dienone is 2. The number of ether oxygens (including phenoxy) is 1. The van der Waals surface area contributed by atoms with Gasteiger partial charge in [0.25, 0.3) is 0 Å². The first-order valence-electron chi connectivity index (χ1n) is 5.19. The van der Waals surface area contributed by atoms with E-state index in [1.807, 2.05) is 12.2 Å². The molecule has 2 unspecified atom stereocenters. The Labute approximate surface area is 96.3 Å². The van der Waals surface area contributed by atoms with Gasteiger partial charge in [-0.3, -0.25) is 15.1 Å². The highest BCUT2D eigenvalue weighted by Gasteiger charge is 2.61. The van der Waals surface area contributed by atoms with E-state index in [0.717, 1.165) is 0 Å². The predicted molar refractivity (Wildman–Crippen MR) is 61.2 cm³/mol. The first-order chi connectivity index (χ1) is 7.45. The lowest BCUT2D eigenvalue weighted by molar-refractivity contribution is -0.143. The standard InChI is InChI=1S/C12H19NO3/c1-8(13-16-5)6-7-9-10(11(14)15-4)12(9,2)3/h6-7,9-10,13H,1H2,2-5H3. The van der Waals surface area contributed by atoms with Crippen LogP contribution in [0.25, 0.3) is 0 Å². The number of nitrogens with one attached hydrogen (secondary N) is 1. The van der Waals surface area contributed by atoms with E-state index in [1.165, 1.54) is 14.2 Å². The fraction of sp³-hybridized carbons (Fsp3) is 0.583. The Balaban J connectivity index is 2.57. The minimum absolute atomic E-state index is 0.0308. The second-order valence-corrected chi connectivity index (χ2v) is 4.54. The Morgan fingerprint density at radius 2 is 2.06 bits per heavy atom. The van der Waals surface area contributed by atoms with Crippen LogP contribution in [0.4, 0.5) is 0 Å². The maximum Gasteiger partial charge on any atom is 0.309 e. The number of esters is 1. The summed E-state index contributed by atoms with van der Waals surface area (Å²) in [6.45, 7) is 7.85. The highest BCUT2D eigenvalue weighted by atomic mass is 16.6. The maximum atomic E-state index is 11.5. The highest BCUT2D eigenvalue weighted by Crippen LogP contribution is 2.59. The number of hydrogen-bond acceptors (Lipinski definition) is 4. The van der Waals surface area contributed by atoms with Crippen molar-refractivity contribution < 1.29 is 14.4 Å². The molecular weight excluding hydrogens is 206 g/mol. The van der Waals surface area contributed by atoms with Gasteiger partial charge < -0.3 is 4.74 Å². The summed E-state index contributed by atoms with van der Waals surface area (Å²) in [5.74, 6) is 0.00409. The van der Waals surface area contributed by atoms with Crippen LogP contribution in [0.3, 0.4) is 0 Å². The molecule has 4 heteroatoms. The Bertz CT molecular complexity index is 320. The number of hydrogen-bond donors (Lipinski definition) is 1. The molecule has 90 valence electrons. The zero-order valence-corrected chi connectivity index (χ0v) is 10.2. The molecule has 1 fully saturated rings. The normalized spacial score (nSPS) is 26.5. The lowest BCUT2D eigenvalue weighted by Gasteiger charge is -2.00. The van der Waals surface area contributed by atoms with Gasteiger partial charge in [0.05, 0.1) is 25.8 Å². The van der Waals surface area contributed by atoms with Gasteiger partial charge in [0.2, 0.25) is 0 Å². The average molecular weight is 225 g/mol. The number of hydroxylamine groups is 1. The van der Waals surface area contributed by atoms with Crippen molar-refractivity contribution in [3.05, 3.63) is 24.4 Å². The first-order valence-corrected chi connectivity index (χ1v) is 5.19. The van der Waals surface area contributed by atoms with E-state index in [1.54, 1.807) is 0 Å². The van der Waals surface area contributed by atoms with Crippen molar-refractivity contribution in [3.8, 4) is 0 Å². The Morgan fingerprint density at radius 3 is 2.56 bits per heavy atom. The van der Waals surface area contributed by atoms with E-state index in [-0.39, 0.29) is 23.2 Å². The van der Waals surface area contributed by atoms with Crippen LogP contribution in [0, 0.1) is 17.3 Å². The molecule has 1 aliphatic rings. The van der Waals surface area contributed by atoms with Crippen molar-refractivity contribution >= 4 is 5.97 Å². The van der Waals surface area contributed by atoms with Crippen molar-refractivity contribution in [3.63, 3.8) is 0 Å². The number of methoxy groups -OCH3 is 1. The van der Waals surface area contributed by atoms with Gasteiger partial charge in [-0.1, -0.05) is 26.5 Å². The second kappa shape index (κ2) is 4.70. The highest BCUT2D eigenvalue weighted by molar-refractivity contribution is 5.78. The summed E-state index contributed by atoms with van der Waals surface area (Å²) in [7, 11) is 2.94.